The molecule has 0 aromatic heterocycles. The van der Waals surface area contributed by atoms with Crippen LogP contribution in [0.15, 0.2) is 18.2 Å². The molecule has 0 N–H and O–H groups in total. The van der Waals surface area contributed by atoms with Crippen LogP contribution in [0.2, 0.25) is 0 Å². The van der Waals surface area contributed by atoms with Crippen molar-refractivity contribution in [3.63, 3.8) is 0 Å². The molecule has 0 aliphatic carbocycles. The topological polar surface area (TPSA) is 57.9 Å². The molecule has 0 spiro atoms. The molecule has 0 unspecified atom stereocenters. The van der Waals surface area contributed by atoms with E-state index in [0.29, 0.717) is 12.0 Å². The molecule has 0 bridgehead atoms. The molecule has 0 atom stereocenters. The van der Waals surface area contributed by atoms with Gasteiger partial charge in [-0.1, -0.05) is 19.8 Å². The van der Waals surface area contributed by atoms with Gasteiger partial charge in [0.2, 0.25) is 0 Å². The second-order valence-corrected chi connectivity index (χ2v) is 6.44. The van der Waals surface area contributed by atoms with Crippen molar-refractivity contribution in [2.75, 3.05) is 5.75 Å². The number of unbranched alkanes of at least 4 members (excludes halogenated alkanes) is 2. The van der Waals surface area contributed by atoms with Gasteiger partial charge in [0.15, 0.2) is 9.84 Å². The van der Waals surface area contributed by atoms with E-state index in [0.717, 1.165) is 25.0 Å². The summed E-state index contributed by atoms with van der Waals surface area (Å²) in [6.07, 6.45) is 2.44. The van der Waals surface area contributed by atoms with Gasteiger partial charge in [-0.25, -0.2) is 12.8 Å². The molecule has 0 radical (unpaired) electrons. The lowest BCUT2D eigenvalue weighted by Crippen LogP contribution is -2.09. The van der Waals surface area contributed by atoms with Crippen molar-refractivity contribution in [2.45, 2.75) is 31.9 Å². The van der Waals surface area contributed by atoms with Crippen molar-refractivity contribution < 1.29 is 12.8 Å². The fourth-order valence-electron chi connectivity index (χ4n) is 1.70. The summed E-state index contributed by atoms with van der Waals surface area (Å²) >= 11 is 0. The van der Waals surface area contributed by atoms with E-state index in [1.165, 1.54) is 6.07 Å². The fourth-order valence-corrected chi connectivity index (χ4v) is 3.16. The molecule has 0 saturated heterocycles. The zero-order valence-corrected chi connectivity index (χ0v) is 11.1. The Morgan fingerprint density at radius 3 is 2.61 bits per heavy atom. The van der Waals surface area contributed by atoms with E-state index in [4.69, 9.17) is 5.26 Å². The Bertz CT molecular complexity index is 547. The summed E-state index contributed by atoms with van der Waals surface area (Å²) in [6.45, 7) is 2.00. The minimum Gasteiger partial charge on any atom is -0.228 e. The minimum absolute atomic E-state index is 0.110. The Labute approximate surface area is 107 Å². The maximum atomic E-state index is 13.2. The summed E-state index contributed by atoms with van der Waals surface area (Å²) in [5.74, 6) is -0.671. The molecule has 0 heterocycles. The summed E-state index contributed by atoms with van der Waals surface area (Å²) < 4.78 is 36.7. The van der Waals surface area contributed by atoms with Crippen LogP contribution in [0.1, 0.15) is 37.3 Å². The summed E-state index contributed by atoms with van der Waals surface area (Å²) in [6, 6.07) is 5.48. The second-order valence-electron chi connectivity index (χ2n) is 4.26. The third-order valence-corrected chi connectivity index (χ3v) is 4.22. The van der Waals surface area contributed by atoms with Gasteiger partial charge in [-0.3, -0.25) is 0 Å². The summed E-state index contributed by atoms with van der Waals surface area (Å²) in [7, 11) is -3.22. The van der Waals surface area contributed by atoms with Crippen molar-refractivity contribution in [1.29, 1.82) is 5.26 Å². The maximum absolute atomic E-state index is 13.2. The zero-order valence-electron chi connectivity index (χ0n) is 10.3. The number of hydrogen-bond donors (Lipinski definition) is 0. The molecule has 18 heavy (non-hydrogen) atoms. The molecule has 5 heteroatoms. The first kappa shape index (κ1) is 14.7. The summed E-state index contributed by atoms with van der Waals surface area (Å²) in [5.41, 5.74) is 0.483. The van der Waals surface area contributed by atoms with Gasteiger partial charge in [-0.2, -0.15) is 5.26 Å². The van der Waals surface area contributed by atoms with Gasteiger partial charge in [0, 0.05) is 0 Å². The average molecular weight is 269 g/mol. The Balaban J connectivity index is 2.78. The van der Waals surface area contributed by atoms with E-state index in [1.54, 1.807) is 0 Å². The van der Waals surface area contributed by atoms with Crippen molar-refractivity contribution >= 4 is 9.84 Å². The second kappa shape index (κ2) is 6.50. The van der Waals surface area contributed by atoms with Crippen LogP contribution in [0.5, 0.6) is 0 Å². The molecule has 98 valence electrons. The first-order valence-electron chi connectivity index (χ1n) is 5.87. The van der Waals surface area contributed by atoms with Crippen molar-refractivity contribution in [3.8, 4) is 6.07 Å². The van der Waals surface area contributed by atoms with Crippen LogP contribution < -0.4 is 0 Å². The number of rotatable bonds is 6. The molecular formula is C13H16FNO2S. The van der Waals surface area contributed by atoms with E-state index >= 15 is 0 Å². The third kappa shape index (κ3) is 4.84. The van der Waals surface area contributed by atoms with Crippen LogP contribution >= 0.6 is 0 Å². The van der Waals surface area contributed by atoms with E-state index < -0.39 is 15.7 Å². The van der Waals surface area contributed by atoms with E-state index in [9.17, 15) is 12.8 Å². The lowest BCUT2D eigenvalue weighted by Gasteiger charge is -2.05. The normalized spacial score (nSPS) is 11.2. The lowest BCUT2D eigenvalue weighted by molar-refractivity contribution is 0.589. The van der Waals surface area contributed by atoms with Gasteiger partial charge in [0.05, 0.1) is 23.1 Å². The number of nitriles is 1. The number of halogens is 1. The molecule has 1 aromatic rings. The van der Waals surface area contributed by atoms with Crippen LogP contribution in [-0.2, 0) is 15.6 Å². The SMILES string of the molecule is CCCCCS(=O)(=O)Cc1cc(F)cc(C#N)c1. The molecule has 3 nitrogen and oxygen atoms in total. The lowest BCUT2D eigenvalue weighted by atomic mass is 10.1. The summed E-state index contributed by atoms with van der Waals surface area (Å²) in [5, 5.41) is 8.69. The van der Waals surface area contributed by atoms with Gasteiger partial charge in [-0.15, -0.1) is 0 Å². The van der Waals surface area contributed by atoms with Crippen LogP contribution in [0.4, 0.5) is 4.39 Å². The highest BCUT2D eigenvalue weighted by atomic mass is 32.2. The van der Waals surface area contributed by atoms with Gasteiger partial charge in [0.1, 0.15) is 5.82 Å². The smallest absolute Gasteiger partial charge is 0.154 e. The van der Waals surface area contributed by atoms with Crippen molar-refractivity contribution in [1.82, 2.24) is 0 Å². The minimum atomic E-state index is -3.22. The molecule has 1 aromatic carbocycles. The fraction of sp³-hybridized carbons (Fsp3) is 0.462. The highest BCUT2D eigenvalue weighted by Gasteiger charge is 2.13. The number of hydrogen-bond acceptors (Lipinski definition) is 3. The first-order valence-corrected chi connectivity index (χ1v) is 7.69. The molecule has 0 fully saturated rings. The van der Waals surface area contributed by atoms with E-state index in [2.05, 4.69) is 0 Å². The van der Waals surface area contributed by atoms with Crippen molar-refractivity contribution in [2.24, 2.45) is 0 Å². The largest absolute Gasteiger partial charge is 0.228 e. The molecule has 1 rings (SSSR count). The van der Waals surface area contributed by atoms with Crippen LogP contribution in [0, 0.1) is 17.1 Å². The van der Waals surface area contributed by atoms with Gasteiger partial charge in [-0.05, 0) is 30.2 Å². The van der Waals surface area contributed by atoms with Crippen LogP contribution in [0.25, 0.3) is 0 Å². The number of nitrogens with zero attached hydrogens (tertiary/aromatic N) is 1. The molecule has 0 aliphatic heterocycles. The predicted octanol–water partition coefficient (Wildman–Crippen LogP) is 2.80. The van der Waals surface area contributed by atoms with E-state index in [1.807, 2.05) is 13.0 Å². The Morgan fingerprint density at radius 2 is 2.00 bits per heavy atom. The first-order chi connectivity index (χ1) is 8.46. The zero-order chi connectivity index (χ0) is 13.6. The predicted molar refractivity (Wildman–Crippen MR) is 68.1 cm³/mol. The highest BCUT2D eigenvalue weighted by molar-refractivity contribution is 7.90. The summed E-state index contributed by atoms with van der Waals surface area (Å²) in [4.78, 5) is 0. The Kier molecular flexibility index (Phi) is 5.29. The quantitative estimate of drug-likeness (QED) is 0.746. The number of sulfone groups is 1. The Morgan fingerprint density at radius 1 is 1.28 bits per heavy atom. The highest BCUT2D eigenvalue weighted by Crippen LogP contribution is 2.13. The molecular weight excluding hydrogens is 253 g/mol. The third-order valence-electron chi connectivity index (χ3n) is 2.53. The van der Waals surface area contributed by atoms with E-state index in [-0.39, 0.29) is 17.1 Å². The Hall–Kier alpha value is -1.41. The molecule has 0 aliphatic rings. The van der Waals surface area contributed by atoms with Crippen LogP contribution in [0.3, 0.4) is 0 Å². The molecule has 0 saturated carbocycles. The van der Waals surface area contributed by atoms with Gasteiger partial charge >= 0.3 is 0 Å². The van der Waals surface area contributed by atoms with Crippen molar-refractivity contribution in [3.05, 3.63) is 35.1 Å². The maximum Gasteiger partial charge on any atom is 0.154 e. The average Bonchev–Trinajstić information content (AvgIpc) is 2.27. The molecule has 0 amide bonds. The number of benzene rings is 1. The van der Waals surface area contributed by atoms with Crippen LogP contribution in [-0.4, -0.2) is 14.2 Å². The van der Waals surface area contributed by atoms with Gasteiger partial charge in [0.25, 0.3) is 0 Å². The van der Waals surface area contributed by atoms with Gasteiger partial charge < -0.3 is 0 Å². The monoisotopic (exact) mass is 269 g/mol. The standard InChI is InChI=1S/C13H16FNO2S/c1-2-3-4-5-18(16,17)10-12-6-11(9-15)7-13(14)8-12/h6-8H,2-5,10H2,1H3.